The maximum atomic E-state index is 13.0. The second kappa shape index (κ2) is 7.99. The molecular formula is C19H22N2O4S. The van der Waals surface area contributed by atoms with Crippen LogP contribution in [0.1, 0.15) is 27.9 Å². The summed E-state index contributed by atoms with van der Waals surface area (Å²) in [5.41, 5.74) is 2.14. The highest BCUT2D eigenvalue weighted by atomic mass is 32.2. The van der Waals surface area contributed by atoms with Crippen LogP contribution in [0.3, 0.4) is 0 Å². The highest BCUT2D eigenvalue weighted by Gasteiger charge is 2.34. The molecule has 2 aromatic carbocycles. The standard InChI is InChI=1S/C19H22N2O4S/c1-25-19-9-8-17(15-22)12-18(19)14-21-11-5-10-20(26(21,23)24)13-16-6-3-2-4-7-16/h2-4,6-9,12,15H,5,10-11,13-14H2,1H3. The van der Waals surface area contributed by atoms with Gasteiger partial charge in [-0.25, -0.2) is 0 Å². The van der Waals surface area contributed by atoms with Gasteiger partial charge in [0.25, 0.3) is 10.2 Å². The molecule has 1 aliphatic rings. The van der Waals surface area contributed by atoms with E-state index in [9.17, 15) is 13.2 Å². The molecule has 1 fully saturated rings. The normalized spacial score (nSPS) is 17.7. The molecule has 1 saturated heterocycles. The molecule has 0 atom stereocenters. The first-order chi connectivity index (χ1) is 12.5. The van der Waals surface area contributed by atoms with Gasteiger partial charge in [0.1, 0.15) is 12.0 Å². The Bertz CT molecular complexity index is 868. The van der Waals surface area contributed by atoms with Gasteiger partial charge in [-0.1, -0.05) is 30.3 Å². The lowest BCUT2D eigenvalue weighted by atomic mass is 10.1. The Hall–Kier alpha value is -2.22. The molecule has 7 heteroatoms. The fraction of sp³-hybridized carbons (Fsp3) is 0.316. The minimum Gasteiger partial charge on any atom is -0.496 e. The molecule has 138 valence electrons. The first-order valence-electron chi connectivity index (χ1n) is 8.46. The maximum absolute atomic E-state index is 13.0. The summed E-state index contributed by atoms with van der Waals surface area (Å²) in [6, 6.07) is 14.6. The van der Waals surface area contributed by atoms with Crippen LogP contribution in [-0.2, 0) is 23.3 Å². The van der Waals surface area contributed by atoms with Gasteiger partial charge in [0, 0.05) is 37.3 Å². The van der Waals surface area contributed by atoms with Crippen molar-refractivity contribution in [3.8, 4) is 5.75 Å². The van der Waals surface area contributed by atoms with Gasteiger partial charge in [0.2, 0.25) is 0 Å². The van der Waals surface area contributed by atoms with Crippen LogP contribution in [0, 0.1) is 0 Å². The zero-order chi connectivity index (χ0) is 18.6. The average molecular weight is 374 g/mol. The largest absolute Gasteiger partial charge is 0.496 e. The fourth-order valence-electron chi connectivity index (χ4n) is 3.11. The highest BCUT2D eigenvalue weighted by molar-refractivity contribution is 7.86. The van der Waals surface area contributed by atoms with Crippen LogP contribution in [-0.4, -0.2) is 43.5 Å². The van der Waals surface area contributed by atoms with Crippen molar-refractivity contribution in [1.29, 1.82) is 0 Å². The molecule has 3 rings (SSSR count). The Morgan fingerprint density at radius 1 is 1.04 bits per heavy atom. The topological polar surface area (TPSA) is 66.9 Å². The van der Waals surface area contributed by atoms with Crippen LogP contribution >= 0.6 is 0 Å². The second-order valence-corrected chi connectivity index (χ2v) is 8.13. The van der Waals surface area contributed by atoms with Gasteiger partial charge in [-0.2, -0.15) is 17.0 Å². The van der Waals surface area contributed by atoms with E-state index in [1.807, 2.05) is 30.3 Å². The Labute approximate surface area is 154 Å². The lowest BCUT2D eigenvalue weighted by Gasteiger charge is -2.35. The lowest BCUT2D eigenvalue weighted by molar-refractivity contribution is 0.112. The molecule has 0 unspecified atom stereocenters. The van der Waals surface area contributed by atoms with Crippen molar-refractivity contribution in [3.05, 3.63) is 65.2 Å². The summed E-state index contributed by atoms with van der Waals surface area (Å²) in [6.07, 6.45) is 1.50. The predicted molar refractivity (Wildman–Crippen MR) is 99.2 cm³/mol. The van der Waals surface area contributed by atoms with E-state index in [-0.39, 0.29) is 6.54 Å². The zero-order valence-corrected chi connectivity index (χ0v) is 15.5. The molecule has 0 amide bonds. The highest BCUT2D eigenvalue weighted by Crippen LogP contribution is 2.26. The first kappa shape index (κ1) is 18.6. The smallest absolute Gasteiger partial charge is 0.282 e. The van der Waals surface area contributed by atoms with Gasteiger partial charge in [-0.05, 0) is 30.2 Å². The Morgan fingerprint density at radius 3 is 2.38 bits per heavy atom. The van der Waals surface area contributed by atoms with Crippen LogP contribution in [0.25, 0.3) is 0 Å². The minimum atomic E-state index is -3.58. The SMILES string of the molecule is COc1ccc(C=O)cc1CN1CCCN(Cc2ccccc2)S1(=O)=O. The second-order valence-electron chi connectivity index (χ2n) is 6.20. The summed E-state index contributed by atoms with van der Waals surface area (Å²) in [7, 11) is -2.05. The molecule has 0 saturated carbocycles. The quantitative estimate of drug-likeness (QED) is 0.729. The summed E-state index contributed by atoms with van der Waals surface area (Å²) >= 11 is 0. The number of carbonyl (C=O) groups is 1. The number of aldehydes is 1. The predicted octanol–water partition coefficient (Wildman–Crippen LogP) is 2.46. The van der Waals surface area contributed by atoms with E-state index in [1.165, 1.54) is 15.7 Å². The van der Waals surface area contributed by atoms with E-state index in [0.29, 0.717) is 36.5 Å². The van der Waals surface area contributed by atoms with Gasteiger partial charge >= 0.3 is 0 Å². The Kier molecular flexibility index (Phi) is 5.70. The molecule has 0 spiro atoms. The average Bonchev–Trinajstić information content (AvgIpc) is 2.66. The number of carbonyl (C=O) groups excluding carboxylic acids is 1. The van der Waals surface area contributed by atoms with Crippen molar-refractivity contribution in [2.75, 3.05) is 20.2 Å². The minimum absolute atomic E-state index is 0.179. The van der Waals surface area contributed by atoms with Crippen LogP contribution in [0.15, 0.2) is 48.5 Å². The monoisotopic (exact) mass is 374 g/mol. The van der Waals surface area contributed by atoms with E-state index < -0.39 is 10.2 Å². The van der Waals surface area contributed by atoms with Gasteiger partial charge < -0.3 is 4.74 Å². The van der Waals surface area contributed by atoms with Crippen LogP contribution < -0.4 is 4.74 Å². The molecule has 1 heterocycles. The molecule has 6 nitrogen and oxygen atoms in total. The van der Waals surface area contributed by atoms with Crippen molar-refractivity contribution < 1.29 is 17.9 Å². The van der Waals surface area contributed by atoms with Crippen LogP contribution in [0.2, 0.25) is 0 Å². The molecular weight excluding hydrogens is 352 g/mol. The number of ether oxygens (including phenoxy) is 1. The van der Waals surface area contributed by atoms with Crippen LogP contribution in [0.4, 0.5) is 0 Å². The molecule has 0 N–H and O–H groups in total. The van der Waals surface area contributed by atoms with Gasteiger partial charge in [-0.3, -0.25) is 4.79 Å². The van der Waals surface area contributed by atoms with E-state index in [1.54, 1.807) is 18.2 Å². The van der Waals surface area contributed by atoms with Crippen LogP contribution in [0.5, 0.6) is 5.75 Å². The summed E-state index contributed by atoms with van der Waals surface area (Å²) in [5, 5.41) is 0. The first-order valence-corrected chi connectivity index (χ1v) is 9.85. The third kappa shape index (κ3) is 3.95. The van der Waals surface area contributed by atoms with Gasteiger partial charge in [0.05, 0.1) is 7.11 Å². The molecule has 1 aliphatic heterocycles. The maximum Gasteiger partial charge on any atom is 0.282 e. The molecule has 0 radical (unpaired) electrons. The number of nitrogens with zero attached hydrogens (tertiary/aromatic N) is 2. The summed E-state index contributed by atoms with van der Waals surface area (Å²) in [4.78, 5) is 11.1. The summed E-state index contributed by atoms with van der Waals surface area (Å²) < 4.78 is 34.3. The van der Waals surface area contributed by atoms with E-state index in [0.717, 1.165) is 18.3 Å². The van der Waals surface area contributed by atoms with Gasteiger partial charge in [0.15, 0.2) is 0 Å². The molecule has 2 aromatic rings. The zero-order valence-electron chi connectivity index (χ0n) is 14.7. The van der Waals surface area contributed by atoms with Crippen molar-refractivity contribution in [1.82, 2.24) is 8.61 Å². The van der Waals surface area contributed by atoms with Gasteiger partial charge in [-0.15, -0.1) is 0 Å². The van der Waals surface area contributed by atoms with Crippen molar-refractivity contribution in [3.63, 3.8) is 0 Å². The van der Waals surface area contributed by atoms with Crippen molar-refractivity contribution in [2.24, 2.45) is 0 Å². The molecule has 26 heavy (non-hydrogen) atoms. The number of hydrogen-bond acceptors (Lipinski definition) is 4. The summed E-state index contributed by atoms with van der Waals surface area (Å²) in [5.74, 6) is 0.575. The Balaban J connectivity index is 1.83. The number of hydrogen-bond donors (Lipinski definition) is 0. The third-order valence-electron chi connectivity index (χ3n) is 4.46. The summed E-state index contributed by atoms with van der Waals surface area (Å²) in [6.45, 7) is 1.48. The van der Waals surface area contributed by atoms with E-state index in [2.05, 4.69) is 0 Å². The lowest BCUT2D eigenvalue weighted by Crippen LogP contribution is -2.48. The number of benzene rings is 2. The van der Waals surface area contributed by atoms with Crippen molar-refractivity contribution in [2.45, 2.75) is 19.5 Å². The molecule has 0 bridgehead atoms. The molecule has 0 aliphatic carbocycles. The molecule has 0 aromatic heterocycles. The number of rotatable bonds is 6. The Morgan fingerprint density at radius 2 is 1.73 bits per heavy atom. The fourth-order valence-corrected chi connectivity index (χ4v) is 4.77. The van der Waals surface area contributed by atoms with Crippen molar-refractivity contribution >= 4 is 16.5 Å². The van der Waals surface area contributed by atoms with E-state index >= 15 is 0 Å². The third-order valence-corrected chi connectivity index (χ3v) is 6.39. The number of methoxy groups -OCH3 is 1. The van der Waals surface area contributed by atoms with E-state index in [4.69, 9.17) is 4.74 Å².